The fourth-order valence-electron chi connectivity index (χ4n) is 1.90. The molecule has 0 aromatic heterocycles. The lowest BCUT2D eigenvalue weighted by atomic mass is 10.1. The minimum absolute atomic E-state index is 0. The van der Waals surface area contributed by atoms with Gasteiger partial charge in [-0.1, -0.05) is 64.7 Å². The first-order valence-electron chi connectivity index (χ1n) is 8.39. The van der Waals surface area contributed by atoms with Crippen LogP contribution in [0.3, 0.4) is 0 Å². The van der Waals surface area contributed by atoms with Crippen LogP contribution in [0.25, 0.3) is 0 Å². The van der Waals surface area contributed by atoms with Gasteiger partial charge in [-0.2, -0.15) is 0 Å². The summed E-state index contributed by atoms with van der Waals surface area (Å²) in [6, 6.07) is 0. The Kier molecular flexibility index (Phi) is 29.4. The SMILES string of the molecule is CCCCCCCCCCCCN.CCNC(=O)CN.N. The van der Waals surface area contributed by atoms with Crippen LogP contribution in [0.1, 0.15) is 78.1 Å². The van der Waals surface area contributed by atoms with Crippen molar-refractivity contribution in [1.82, 2.24) is 11.5 Å². The molecule has 0 radical (unpaired) electrons. The van der Waals surface area contributed by atoms with Crippen molar-refractivity contribution >= 4 is 5.91 Å². The average Bonchev–Trinajstić information content (AvgIpc) is 2.46. The van der Waals surface area contributed by atoms with Crippen LogP contribution in [-0.4, -0.2) is 25.5 Å². The standard InChI is InChI=1S/C12H27N.C4H10N2O.H3N/c1-2-3-4-5-6-7-8-9-10-11-12-13;1-2-6-4(7)3-5;/h2-13H2,1H3;2-3,5H2,1H3,(H,6,7);1H3. The van der Waals surface area contributed by atoms with Gasteiger partial charge in [-0.15, -0.1) is 0 Å². The topological polar surface area (TPSA) is 116 Å². The zero-order chi connectivity index (χ0) is 15.5. The predicted octanol–water partition coefficient (Wildman–Crippen LogP) is 3.11. The molecule has 0 saturated heterocycles. The van der Waals surface area contributed by atoms with Gasteiger partial charge in [-0.3, -0.25) is 4.79 Å². The van der Waals surface area contributed by atoms with Crippen LogP contribution in [0, 0.1) is 0 Å². The van der Waals surface area contributed by atoms with Crippen molar-refractivity contribution in [2.45, 2.75) is 78.1 Å². The summed E-state index contributed by atoms with van der Waals surface area (Å²) in [5.41, 5.74) is 10.4. The molecule has 0 aromatic carbocycles. The van der Waals surface area contributed by atoms with Gasteiger partial charge >= 0.3 is 0 Å². The van der Waals surface area contributed by atoms with Crippen molar-refractivity contribution in [1.29, 1.82) is 0 Å². The summed E-state index contributed by atoms with van der Waals surface area (Å²) in [4.78, 5) is 10.2. The van der Waals surface area contributed by atoms with Crippen molar-refractivity contribution in [3.63, 3.8) is 0 Å². The van der Waals surface area contributed by atoms with Gasteiger partial charge in [-0.25, -0.2) is 0 Å². The first kappa shape index (κ1) is 25.3. The van der Waals surface area contributed by atoms with Crippen LogP contribution in [0.2, 0.25) is 0 Å². The molecule has 0 atom stereocenters. The number of rotatable bonds is 12. The molecule has 0 aromatic rings. The molecular weight excluding hydrogens is 264 g/mol. The van der Waals surface area contributed by atoms with Crippen LogP contribution in [-0.2, 0) is 4.79 Å². The zero-order valence-corrected chi connectivity index (χ0v) is 14.5. The summed E-state index contributed by atoms with van der Waals surface area (Å²) >= 11 is 0. The summed E-state index contributed by atoms with van der Waals surface area (Å²) in [5, 5.41) is 2.53. The highest BCUT2D eigenvalue weighted by Gasteiger charge is 1.91. The number of amides is 1. The van der Waals surface area contributed by atoms with Gasteiger partial charge in [0.05, 0.1) is 6.54 Å². The monoisotopic (exact) mass is 304 g/mol. The summed E-state index contributed by atoms with van der Waals surface area (Å²) < 4.78 is 0. The number of hydrogen-bond donors (Lipinski definition) is 4. The number of carbonyl (C=O) groups excluding carboxylic acids is 1. The highest BCUT2D eigenvalue weighted by atomic mass is 16.1. The fraction of sp³-hybridized carbons (Fsp3) is 0.938. The van der Waals surface area contributed by atoms with E-state index in [1.807, 2.05) is 6.92 Å². The highest BCUT2D eigenvalue weighted by molar-refractivity contribution is 5.77. The Morgan fingerprint density at radius 1 is 0.810 bits per heavy atom. The fourth-order valence-corrected chi connectivity index (χ4v) is 1.90. The average molecular weight is 305 g/mol. The van der Waals surface area contributed by atoms with E-state index < -0.39 is 0 Å². The molecule has 0 rings (SSSR count). The second-order valence-corrected chi connectivity index (χ2v) is 5.13. The third kappa shape index (κ3) is 28.3. The molecule has 0 fully saturated rings. The van der Waals surface area contributed by atoms with Crippen molar-refractivity contribution in [2.24, 2.45) is 11.5 Å². The van der Waals surface area contributed by atoms with E-state index in [0.29, 0.717) is 6.54 Å². The molecule has 0 unspecified atom stereocenters. The van der Waals surface area contributed by atoms with Gasteiger partial charge in [0.25, 0.3) is 0 Å². The third-order valence-corrected chi connectivity index (χ3v) is 3.12. The highest BCUT2D eigenvalue weighted by Crippen LogP contribution is 2.09. The predicted molar refractivity (Wildman–Crippen MR) is 93.7 cm³/mol. The number of nitrogens with two attached hydrogens (primary N) is 2. The molecule has 130 valence electrons. The summed E-state index contributed by atoms with van der Waals surface area (Å²) in [6.45, 7) is 5.75. The van der Waals surface area contributed by atoms with Crippen LogP contribution >= 0.6 is 0 Å². The van der Waals surface area contributed by atoms with Crippen molar-refractivity contribution in [3.8, 4) is 0 Å². The van der Waals surface area contributed by atoms with Gasteiger partial charge in [0.2, 0.25) is 5.91 Å². The van der Waals surface area contributed by atoms with Gasteiger partial charge in [-0.05, 0) is 19.9 Å². The van der Waals surface area contributed by atoms with Crippen molar-refractivity contribution in [3.05, 3.63) is 0 Å². The summed E-state index contributed by atoms with van der Waals surface area (Å²) in [5.74, 6) is -0.0949. The largest absolute Gasteiger partial charge is 0.355 e. The molecule has 5 nitrogen and oxygen atoms in total. The molecule has 0 aliphatic heterocycles. The van der Waals surface area contributed by atoms with Crippen molar-refractivity contribution in [2.75, 3.05) is 19.6 Å². The Morgan fingerprint density at radius 3 is 1.52 bits per heavy atom. The number of likely N-dealkylation sites (N-methyl/N-ethyl adjacent to an activating group) is 1. The number of carbonyl (C=O) groups is 1. The Morgan fingerprint density at radius 2 is 1.24 bits per heavy atom. The lowest BCUT2D eigenvalue weighted by Crippen LogP contribution is -2.29. The van der Waals surface area contributed by atoms with Gasteiger partial charge < -0.3 is 22.9 Å². The minimum Gasteiger partial charge on any atom is -0.355 e. The zero-order valence-electron chi connectivity index (χ0n) is 14.5. The molecule has 8 N–H and O–H groups in total. The quantitative estimate of drug-likeness (QED) is 0.414. The number of hydrogen-bond acceptors (Lipinski definition) is 4. The second-order valence-electron chi connectivity index (χ2n) is 5.13. The Balaban J connectivity index is -0.000000347. The van der Waals surface area contributed by atoms with E-state index >= 15 is 0 Å². The van der Waals surface area contributed by atoms with Crippen LogP contribution in [0.4, 0.5) is 0 Å². The molecular formula is C16H40N4O. The lowest BCUT2D eigenvalue weighted by molar-refractivity contribution is -0.119. The molecule has 0 aliphatic rings. The van der Waals surface area contributed by atoms with Gasteiger partial charge in [0.1, 0.15) is 0 Å². The van der Waals surface area contributed by atoms with E-state index in [1.165, 1.54) is 64.2 Å². The van der Waals surface area contributed by atoms with E-state index in [-0.39, 0.29) is 18.6 Å². The second kappa shape index (κ2) is 24.4. The third-order valence-electron chi connectivity index (χ3n) is 3.12. The van der Waals surface area contributed by atoms with Gasteiger partial charge in [0.15, 0.2) is 0 Å². The first-order valence-corrected chi connectivity index (χ1v) is 8.39. The normalized spacial score (nSPS) is 9.33. The smallest absolute Gasteiger partial charge is 0.233 e. The molecule has 1 amide bonds. The van der Waals surface area contributed by atoms with E-state index in [9.17, 15) is 4.79 Å². The maximum absolute atomic E-state index is 10.2. The Labute approximate surface area is 132 Å². The van der Waals surface area contributed by atoms with E-state index in [1.54, 1.807) is 0 Å². The van der Waals surface area contributed by atoms with Crippen LogP contribution in [0.15, 0.2) is 0 Å². The first-order chi connectivity index (χ1) is 9.72. The maximum atomic E-state index is 10.2. The molecule has 0 aliphatic carbocycles. The summed E-state index contributed by atoms with van der Waals surface area (Å²) in [6.07, 6.45) is 13.9. The number of nitrogens with one attached hydrogen (secondary N) is 1. The van der Waals surface area contributed by atoms with E-state index in [2.05, 4.69) is 12.2 Å². The number of unbranched alkanes of at least 4 members (excludes halogenated alkanes) is 9. The molecule has 0 heterocycles. The lowest BCUT2D eigenvalue weighted by Gasteiger charge is -2.00. The molecule has 21 heavy (non-hydrogen) atoms. The Bertz CT molecular complexity index is 179. The summed E-state index contributed by atoms with van der Waals surface area (Å²) in [7, 11) is 0. The van der Waals surface area contributed by atoms with E-state index in [4.69, 9.17) is 11.5 Å². The van der Waals surface area contributed by atoms with E-state index in [0.717, 1.165) is 6.54 Å². The molecule has 5 heteroatoms. The maximum Gasteiger partial charge on any atom is 0.233 e. The van der Waals surface area contributed by atoms with Crippen LogP contribution in [0.5, 0.6) is 0 Å². The molecule has 0 saturated carbocycles. The van der Waals surface area contributed by atoms with Crippen LogP contribution < -0.4 is 22.9 Å². The molecule has 0 bridgehead atoms. The van der Waals surface area contributed by atoms with Crippen molar-refractivity contribution < 1.29 is 4.79 Å². The van der Waals surface area contributed by atoms with Gasteiger partial charge in [0, 0.05) is 6.54 Å². The minimum atomic E-state index is -0.0949. The molecule has 0 spiro atoms. The Hall–Kier alpha value is -0.650.